The molecular weight excluding hydrogens is 302 g/mol. The van der Waals surface area contributed by atoms with Crippen molar-refractivity contribution in [3.8, 4) is 5.75 Å². The van der Waals surface area contributed by atoms with E-state index in [1.54, 1.807) is 0 Å². The van der Waals surface area contributed by atoms with Gasteiger partial charge in [0.25, 0.3) is 5.91 Å². The van der Waals surface area contributed by atoms with Crippen LogP contribution in [0.15, 0.2) is 24.3 Å². The second-order valence-corrected chi connectivity index (χ2v) is 6.44. The lowest BCUT2D eigenvalue weighted by Gasteiger charge is -2.28. The van der Waals surface area contributed by atoms with Crippen molar-refractivity contribution in [1.82, 2.24) is 0 Å². The summed E-state index contributed by atoms with van der Waals surface area (Å²) in [5.41, 5.74) is -0.0200. The van der Waals surface area contributed by atoms with E-state index < -0.39 is 5.60 Å². The highest BCUT2D eigenvalue weighted by molar-refractivity contribution is 5.97. The lowest BCUT2D eigenvalue weighted by molar-refractivity contribution is -0.139. The van der Waals surface area contributed by atoms with Gasteiger partial charge >= 0.3 is 0 Å². The summed E-state index contributed by atoms with van der Waals surface area (Å²) >= 11 is 0. The van der Waals surface area contributed by atoms with Crippen LogP contribution in [0.4, 0.5) is 5.69 Å². The van der Waals surface area contributed by atoms with Crippen molar-refractivity contribution in [1.29, 1.82) is 0 Å². The van der Waals surface area contributed by atoms with Gasteiger partial charge in [0.05, 0.1) is 6.10 Å². The molecule has 2 unspecified atom stereocenters. The fourth-order valence-electron chi connectivity index (χ4n) is 2.48. The van der Waals surface area contributed by atoms with Crippen molar-refractivity contribution in [2.24, 2.45) is 0 Å². The van der Waals surface area contributed by atoms with Crippen molar-refractivity contribution in [3.63, 3.8) is 0 Å². The van der Waals surface area contributed by atoms with Crippen molar-refractivity contribution >= 4 is 11.6 Å². The molecular formula is C20H33NO3. The molecule has 0 aliphatic rings. The average molecular weight is 335 g/mol. The smallest absolute Gasteiger partial charge is 0.256 e. The quantitative estimate of drug-likeness (QED) is 0.567. The monoisotopic (exact) mass is 335 g/mol. The van der Waals surface area contributed by atoms with E-state index in [2.05, 4.69) is 19.2 Å². The number of carbonyl (C=O) groups is 1. The zero-order chi connectivity index (χ0) is 18.0. The van der Waals surface area contributed by atoms with Crippen molar-refractivity contribution < 1.29 is 14.3 Å². The molecule has 2 atom stereocenters. The number of benzene rings is 1. The van der Waals surface area contributed by atoms with Gasteiger partial charge in [0.15, 0.2) is 0 Å². The molecule has 4 heteroatoms. The van der Waals surface area contributed by atoms with Crippen LogP contribution in [0.1, 0.15) is 66.7 Å². The summed E-state index contributed by atoms with van der Waals surface area (Å²) in [6.07, 6.45) is 5.10. The predicted molar refractivity (Wildman–Crippen MR) is 99.6 cm³/mol. The number of carbonyl (C=O) groups excluding carboxylic acids is 1. The van der Waals surface area contributed by atoms with Crippen LogP contribution >= 0.6 is 0 Å². The predicted octanol–water partition coefficient (Wildman–Crippen LogP) is 5.18. The van der Waals surface area contributed by atoms with E-state index in [0.29, 0.717) is 6.61 Å². The van der Waals surface area contributed by atoms with Crippen LogP contribution in [-0.4, -0.2) is 24.2 Å². The molecule has 4 nitrogen and oxygen atoms in total. The van der Waals surface area contributed by atoms with E-state index in [1.807, 2.05) is 45.0 Å². The first-order valence-electron chi connectivity index (χ1n) is 9.17. The first kappa shape index (κ1) is 20.5. The fraction of sp³-hybridized carbons (Fsp3) is 0.650. The Labute approximate surface area is 146 Å². The number of unbranched alkanes of at least 4 members (excludes halogenated alkanes) is 2. The minimum Gasteiger partial charge on any atom is -0.491 e. The number of hydrogen-bond donors (Lipinski definition) is 1. The topological polar surface area (TPSA) is 47.6 Å². The van der Waals surface area contributed by atoms with E-state index in [0.717, 1.165) is 43.5 Å². The zero-order valence-corrected chi connectivity index (χ0v) is 15.9. The van der Waals surface area contributed by atoms with Gasteiger partial charge < -0.3 is 14.8 Å². The number of anilines is 1. The van der Waals surface area contributed by atoms with Crippen LogP contribution in [0.3, 0.4) is 0 Å². The Hall–Kier alpha value is -1.55. The molecule has 24 heavy (non-hydrogen) atoms. The normalized spacial score (nSPS) is 14.7. The van der Waals surface area contributed by atoms with Crippen molar-refractivity contribution in [2.75, 3.05) is 11.9 Å². The summed E-state index contributed by atoms with van der Waals surface area (Å²) in [5.74, 6) is 0.730. The summed E-state index contributed by atoms with van der Waals surface area (Å²) in [6.45, 7) is 10.6. The van der Waals surface area contributed by atoms with Crippen LogP contribution in [0.5, 0.6) is 5.75 Å². The largest absolute Gasteiger partial charge is 0.491 e. The van der Waals surface area contributed by atoms with E-state index in [-0.39, 0.29) is 12.0 Å². The van der Waals surface area contributed by atoms with Gasteiger partial charge in [-0.3, -0.25) is 4.79 Å². The van der Waals surface area contributed by atoms with Crippen LogP contribution < -0.4 is 10.1 Å². The van der Waals surface area contributed by atoms with E-state index in [4.69, 9.17) is 9.47 Å². The molecule has 0 aromatic heterocycles. The van der Waals surface area contributed by atoms with Crippen molar-refractivity contribution in [2.45, 2.75) is 78.4 Å². The Morgan fingerprint density at radius 1 is 1.17 bits per heavy atom. The third-order valence-corrected chi connectivity index (χ3v) is 4.22. The molecule has 0 fully saturated rings. The molecule has 0 aliphatic heterocycles. The third kappa shape index (κ3) is 6.52. The molecule has 0 bridgehead atoms. The van der Waals surface area contributed by atoms with Crippen LogP contribution in [-0.2, 0) is 9.53 Å². The maximum Gasteiger partial charge on any atom is 0.256 e. The van der Waals surface area contributed by atoms with E-state index in [1.165, 1.54) is 0 Å². The minimum atomic E-state index is -0.782. The SMILES string of the molecule is CCCCCC(C)(OCC)C(=O)Nc1ccc(OC(C)CC)cc1. The number of amides is 1. The second-order valence-electron chi connectivity index (χ2n) is 6.44. The van der Waals surface area contributed by atoms with Gasteiger partial charge in [0.1, 0.15) is 11.4 Å². The van der Waals surface area contributed by atoms with Crippen LogP contribution in [0.2, 0.25) is 0 Å². The van der Waals surface area contributed by atoms with Gasteiger partial charge in [-0.1, -0.05) is 33.1 Å². The third-order valence-electron chi connectivity index (χ3n) is 4.22. The molecule has 0 aliphatic carbocycles. The lowest BCUT2D eigenvalue weighted by atomic mass is 9.96. The summed E-state index contributed by atoms with van der Waals surface area (Å²) in [5, 5.41) is 2.97. The molecule has 1 N–H and O–H groups in total. The van der Waals surface area contributed by atoms with Gasteiger partial charge in [-0.15, -0.1) is 0 Å². The van der Waals surface area contributed by atoms with Gasteiger partial charge in [0.2, 0.25) is 0 Å². The molecule has 0 radical (unpaired) electrons. The summed E-state index contributed by atoms with van der Waals surface area (Å²) in [7, 11) is 0. The van der Waals surface area contributed by atoms with Crippen LogP contribution in [0, 0.1) is 0 Å². The van der Waals surface area contributed by atoms with Gasteiger partial charge in [-0.25, -0.2) is 0 Å². The number of rotatable bonds is 11. The lowest BCUT2D eigenvalue weighted by Crippen LogP contribution is -2.42. The van der Waals surface area contributed by atoms with Crippen molar-refractivity contribution in [3.05, 3.63) is 24.3 Å². The van der Waals surface area contributed by atoms with Gasteiger partial charge in [-0.2, -0.15) is 0 Å². The molecule has 1 rings (SSSR count). The number of hydrogen-bond acceptors (Lipinski definition) is 3. The zero-order valence-electron chi connectivity index (χ0n) is 15.9. The second kappa shape index (κ2) is 10.3. The summed E-state index contributed by atoms with van der Waals surface area (Å²) in [6, 6.07) is 7.51. The van der Waals surface area contributed by atoms with E-state index >= 15 is 0 Å². The maximum atomic E-state index is 12.7. The molecule has 1 amide bonds. The minimum absolute atomic E-state index is 0.0870. The molecule has 0 spiro atoms. The maximum absolute atomic E-state index is 12.7. The van der Waals surface area contributed by atoms with E-state index in [9.17, 15) is 4.79 Å². The Morgan fingerprint density at radius 2 is 1.83 bits per heavy atom. The Morgan fingerprint density at radius 3 is 2.38 bits per heavy atom. The standard InChI is InChI=1S/C20H33NO3/c1-6-9-10-15-20(5,23-8-3)19(22)21-17-11-13-18(14-12-17)24-16(4)7-2/h11-14,16H,6-10,15H2,1-5H3,(H,21,22). The molecule has 1 aromatic carbocycles. The molecule has 136 valence electrons. The Kier molecular flexibility index (Phi) is 8.83. The highest BCUT2D eigenvalue weighted by Crippen LogP contribution is 2.23. The van der Waals surface area contributed by atoms with Gasteiger partial charge in [-0.05, 0) is 57.9 Å². The summed E-state index contributed by atoms with van der Waals surface area (Å²) in [4.78, 5) is 12.7. The molecule has 1 aromatic rings. The molecule has 0 heterocycles. The molecule has 0 saturated carbocycles. The average Bonchev–Trinajstić information content (AvgIpc) is 2.57. The highest BCUT2D eigenvalue weighted by atomic mass is 16.5. The summed E-state index contributed by atoms with van der Waals surface area (Å²) < 4.78 is 11.5. The molecule has 0 saturated heterocycles. The highest BCUT2D eigenvalue weighted by Gasteiger charge is 2.33. The first-order chi connectivity index (χ1) is 11.4. The Balaban J connectivity index is 2.69. The number of ether oxygens (including phenoxy) is 2. The first-order valence-corrected chi connectivity index (χ1v) is 9.17. The van der Waals surface area contributed by atoms with Gasteiger partial charge in [0, 0.05) is 12.3 Å². The fourth-order valence-corrected chi connectivity index (χ4v) is 2.48. The Bertz CT molecular complexity index is 486. The number of nitrogens with one attached hydrogen (secondary N) is 1. The van der Waals surface area contributed by atoms with Crippen LogP contribution in [0.25, 0.3) is 0 Å².